The van der Waals surface area contributed by atoms with E-state index in [1.54, 1.807) is 0 Å². The molecule has 0 atom stereocenters. The number of carboxylic acid groups (broad SMARTS) is 2. The third-order valence-electron chi connectivity index (χ3n) is 4.94. The van der Waals surface area contributed by atoms with Crippen LogP contribution in [-0.4, -0.2) is 47.0 Å². The molecule has 31 heavy (non-hydrogen) atoms. The molecule has 0 aliphatic heterocycles. The first-order valence-corrected chi connectivity index (χ1v) is 12.2. The summed E-state index contributed by atoms with van der Waals surface area (Å²) in [5.41, 5.74) is 0. The van der Waals surface area contributed by atoms with E-state index in [2.05, 4.69) is 23.8 Å². The zero-order valence-electron chi connectivity index (χ0n) is 19.7. The molecule has 0 unspecified atom stereocenters. The molecule has 0 amide bonds. The molecular weight excluding hydrogens is 396 g/mol. The smallest absolute Gasteiger partial charge is 0.303 e. The molecule has 0 aliphatic rings. The molecular formula is C24H44N2O5. The molecule has 0 aliphatic carbocycles. The fourth-order valence-electron chi connectivity index (χ4n) is 3.08. The van der Waals surface area contributed by atoms with Gasteiger partial charge in [-0.2, -0.15) is 0 Å². The minimum Gasteiger partial charge on any atom is -0.481 e. The standard InChI is InChI=1S/C24H44N2O5/c1-3-5-7-9-11-13-19-25-21(15-17-23(27)28)31-22(16-18-24(29)30)26-20-14-12-10-8-6-4-2/h3-20H2,1-2H3,(H,27,28)(H,29,30). The van der Waals surface area contributed by atoms with Crippen molar-refractivity contribution in [1.29, 1.82) is 0 Å². The molecule has 0 saturated carbocycles. The van der Waals surface area contributed by atoms with Crippen LogP contribution in [0.1, 0.15) is 117 Å². The predicted octanol–water partition coefficient (Wildman–Crippen LogP) is 6.25. The Labute approximate surface area is 188 Å². The number of aliphatic carboxylic acids is 2. The van der Waals surface area contributed by atoms with Crippen molar-refractivity contribution < 1.29 is 24.5 Å². The number of hydrogen-bond donors (Lipinski definition) is 2. The molecule has 0 bridgehead atoms. The lowest BCUT2D eigenvalue weighted by atomic mass is 10.1. The quantitative estimate of drug-likeness (QED) is 0.132. The summed E-state index contributed by atoms with van der Waals surface area (Å²) in [6.07, 6.45) is 14.0. The van der Waals surface area contributed by atoms with Crippen molar-refractivity contribution in [3.05, 3.63) is 0 Å². The van der Waals surface area contributed by atoms with E-state index in [4.69, 9.17) is 14.9 Å². The number of hydrogen-bond acceptors (Lipinski definition) is 5. The number of carboxylic acids is 2. The maximum atomic E-state index is 11.0. The fourth-order valence-corrected chi connectivity index (χ4v) is 3.08. The van der Waals surface area contributed by atoms with Crippen LogP contribution in [0.15, 0.2) is 9.98 Å². The minimum absolute atomic E-state index is 0.0705. The third-order valence-corrected chi connectivity index (χ3v) is 4.94. The highest BCUT2D eigenvalue weighted by Crippen LogP contribution is 2.08. The Morgan fingerprint density at radius 3 is 1.29 bits per heavy atom. The highest BCUT2D eigenvalue weighted by molar-refractivity contribution is 5.93. The van der Waals surface area contributed by atoms with Crippen LogP contribution in [-0.2, 0) is 14.3 Å². The summed E-state index contributed by atoms with van der Waals surface area (Å²) < 4.78 is 5.81. The van der Waals surface area contributed by atoms with Gasteiger partial charge in [0.2, 0.25) is 0 Å². The molecule has 0 aromatic carbocycles. The number of rotatable bonds is 20. The Kier molecular flexibility index (Phi) is 20.0. The van der Waals surface area contributed by atoms with Crippen LogP contribution in [0, 0.1) is 0 Å². The van der Waals surface area contributed by atoms with Crippen molar-refractivity contribution in [2.24, 2.45) is 9.98 Å². The monoisotopic (exact) mass is 440 g/mol. The molecule has 0 aromatic rings. The molecule has 7 nitrogen and oxygen atoms in total. The van der Waals surface area contributed by atoms with E-state index in [0.29, 0.717) is 24.9 Å². The van der Waals surface area contributed by atoms with Crippen molar-refractivity contribution >= 4 is 23.7 Å². The minimum atomic E-state index is -0.910. The molecule has 0 heterocycles. The predicted molar refractivity (Wildman–Crippen MR) is 126 cm³/mol. The van der Waals surface area contributed by atoms with Gasteiger partial charge in [-0.25, -0.2) is 0 Å². The fraction of sp³-hybridized carbons (Fsp3) is 0.833. The van der Waals surface area contributed by atoms with Gasteiger partial charge in [0.1, 0.15) is 0 Å². The van der Waals surface area contributed by atoms with Crippen LogP contribution in [0.4, 0.5) is 0 Å². The van der Waals surface area contributed by atoms with E-state index in [0.717, 1.165) is 25.7 Å². The maximum absolute atomic E-state index is 11.0. The van der Waals surface area contributed by atoms with Gasteiger partial charge in [0, 0.05) is 25.9 Å². The van der Waals surface area contributed by atoms with Crippen molar-refractivity contribution in [2.45, 2.75) is 117 Å². The van der Waals surface area contributed by atoms with E-state index in [-0.39, 0.29) is 25.7 Å². The average Bonchev–Trinajstić information content (AvgIpc) is 2.73. The number of unbranched alkanes of at least 4 members (excludes halogenated alkanes) is 10. The SMILES string of the molecule is CCCCCCCCN=C(CCC(=O)O)OC(CCC(=O)O)=NCCCCCCCC. The van der Waals surface area contributed by atoms with E-state index in [1.807, 2.05) is 0 Å². The van der Waals surface area contributed by atoms with Gasteiger partial charge in [-0.05, 0) is 12.8 Å². The maximum Gasteiger partial charge on any atom is 0.303 e. The summed E-state index contributed by atoms with van der Waals surface area (Å²) in [6.45, 7) is 5.55. The van der Waals surface area contributed by atoms with E-state index in [1.165, 1.54) is 51.4 Å². The van der Waals surface area contributed by atoms with Crippen molar-refractivity contribution in [1.82, 2.24) is 0 Å². The number of nitrogens with zero attached hydrogens (tertiary/aromatic N) is 2. The molecule has 0 radical (unpaired) electrons. The van der Waals surface area contributed by atoms with Crippen molar-refractivity contribution in [2.75, 3.05) is 13.1 Å². The molecule has 0 fully saturated rings. The van der Waals surface area contributed by atoms with E-state index >= 15 is 0 Å². The van der Waals surface area contributed by atoms with Crippen LogP contribution in [0.2, 0.25) is 0 Å². The van der Waals surface area contributed by atoms with E-state index < -0.39 is 11.9 Å². The first-order chi connectivity index (χ1) is 15.0. The summed E-state index contributed by atoms with van der Waals surface area (Å²) >= 11 is 0. The second kappa shape index (κ2) is 21.3. The molecule has 180 valence electrons. The lowest BCUT2D eigenvalue weighted by molar-refractivity contribution is -0.137. The lowest BCUT2D eigenvalue weighted by Gasteiger charge is -2.11. The lowest BCUT2D eigenvalue weighted by Crippen LogP contribution is -2.16. The summed E-state index contributed by atoms with van der Waals surface area (Å²) in [6, 6.07) is 0. The van der Waals surface area contributed by atoms with Gasteiger partial charge < -0.3 is 14.9 Å². The van der Waals surface area contributed by atoms with Gasteiger partial charge in [-0.1, -0.05) is 78.1 Å². The molecule has 0 spiro atoms. The Balaban J connectivity index is 4.74. The highest BCUT2D eigenvalue weighted by atomic mass is 16.5. The van der Waals surface area contributed by atoms with Gasteiger partial charge in [0.25, 0.3) is 0 Å². The topological polar surface area (TPSA) is 109 Å². The van der Waals surface area contributed by atoms with Gasteiger partial charge >= 0.3 is 11.9 Å². The highest BCUT2D eigenvalue weighted by Gasteiger charge is 2.11. The van der Waals surface area contributed by atoms with Gasteiger partial charge in [-0.3, -0.25) is 19.6 Å². The number of ether oxygens (including phenoxy) is 1. The van der Waals surface area contributed by atoms with Gasteiger partial charge in [0.05, 0.1) is 12.8 Å². The molecule has 2 N–H and O–H groups in total. The first-order valence-electron chi connectivity index (χ1n) is 12.2. The zero-order chi connectivity index (χ0) is 23.2. The molecule has 7 heteroatoms. The summed E-state index contributed by atoms with van der Waals surface area (Å²) in [5, 5.41) is 18.0. The summed E-state index contributed by atoms with van der Waals surface area (Å²) in [5.74, 6) is -1.12. The largest absolute Gasteiger partial charge is 0.481 e. The number of aliphatic imine (C=N–C) groups is 2. The van der Waals surface area contributed by atoms with Crippen LogP contribution in [0.5, 0.6) is 0 Å². The molecule has 0 rings (SSSR count). The second-order valence-corrected chi connectivity index (χ2v) is 7.98. The summed E-state index contributed by atoms with van der Waals surface area (Å²) in [4.78, 5) is 30.9. The van der Waals surface area contributed by atoms with Crippen molar-refractivity contribution in [3.63, 3.8) is 0 Å². The van der Waals surface area contributed by atoms with Crippen LogP contribution < -0.4 is 0 Å². The molecule has 0 aromatic heterocycles. The van der Waals surface area contributed by atoms with Gasteiger partial charge in [-0.15, -0.1) is 0 Å². The van der Waals surface area contributed by atoms with Crippen LogP contribution >= 0.6 is 0 Å². The van der Waals surface area contributed by atoms with Crippen molar-refractivity contribution in [3.8, 4) is 0 Å². The Morgan fingerprint density at radius 2 is 0.935 bits per heavy atom. The van der Waals surface area contributed by atoms with Crippen LogP contribution in [0.3, 0.4) is 0 Å². The van der Waals surface area contributed by atoms with E-state index in [9.17, 15) is 9.59 Å². The average molecular weight is 441 g/mol. The normalized spacial score (nSPS) is 12.2. The molecule has 0 saturated heterocycles. The number of carbonyl (C=O) groups is 2. The second-order valence-electron chi connectivity index (χ2n) is 7.98. The Bertz CT molecular complexity index is 486. The first kappa shape index (κ1) is 29.1. The zero-order valence-corrected chi connectivity index (χ0v) is 19.7. The van der Waals surface area contributed by atoms with Crippen LogP contribution in [0.25, 0.3) is 0 Å². The Morgan fingerprint density at radius 1 is 0.581 bits per heavy atom. The van der Waals surface area contributed by atoms with Gasteiger partial charge in [0.15, 0.2) is 11.8 Å². The third kappa shape index (κ3) is 21.1. The summed E-state index contributed by atoms with van der Waals surface area (Å²) in [7, 11) is 0. The Hall–Kier alpha value is -1.92.